The lowest BCUT2D eigenvalue weighted by atomic mass is 10.2. The van der Waals surface area contributed by atoms with Crippen LogP contribution in [0.3, 0.4) is 0 Å². The zero-order valence-electron chi connectivity index (χ0n) is 16.8. The van der Waals surface area contributed by atoms with Crippen LogP contribution in [0.2, 0.25) is 0 Å². The number of hydrogen-bond acceptors (Lipinski definition) is 6. The lowest BCUT2D eigenvalue weighted by Crippen LogP contribution is -2.46. The van der Waals surface area contributed by atoms with Crippen molar-refractivity contribution in [3.63, 3.8) is 0 Å². The molecule has 1 amide bonds. The molecule has 2 aromatic carbocycles. The fourth-order valence-corrected chi connectivity index (χ4v) is 5.48. The number of benzene rings is 2. The van der Waals surface area contributed by atoms with Crippen LogP contribution in [0.15, 0.2) is 59.6 Å². The summed E-state index contributed by atoms with van der Waals surface area (Å²) in [6.45, 7) is 2.29. The number of rotatable bonds is 5. The number of hydrogen-bond donors (Lipinski definition) is 1. The van der Waals surface area contributed by atoms with E-state index in [4.69, 9.17) is 0 Å². The van der Waals surface area contributed by atoms with Gasteiger partial charge in [-0.25, -0.2) is 17.8 Å². The normalized spacial score (nSPS) is 15.7. The Morgan fingerprint density at radius 3 is 2.42 bits per heavy atom. The van der Waals surface area contributed by atoms with Gasteiger partial charge in [-0.3, -0.25) is 4.79 Å². The summed E-state index contributed by atoms with van der Waals surface area (Å²) in [4.78, 5) is 19.3. The van der Waals surface area contributed by atoms with E-state index in [1.54, 1.807) is 30.3 Å². The summed E-state index contributed by atoms with van der Waals surface area (Å²) in [6, 6.07) is 12.3. The number of amides is 1. The molecule has 1 aromatic heterocycles. The predicted molar refractivity (Wildman–Crippen MR) is 118 cm³/mol. The van der Waals surface area contributed by atoms with Crippen molar-refractivity contribution in [2.75, 3.05) is 38.5 Å². The molecular formula is C21H21FN4O3S2. The Morgan fingerprint density at radius 1 is 1.06 bits per heavy atom. The maximum Gasteiger partial charge on any atom is 0.267 e. The van der Waals surface area contributed by atoms with Gasteiger partial charge in [0.25, 0.3) is 5.91 Å². The monoisotopic (exact) mass is 460 g/mol. The van der Waals surface area contributed by atoms with E-state index in [1.807, 2.05) is 7.05 Å². The Kier molecular flexibility index (Phi) is 6.15. The minimum atomic E-state index is -3.56. The van der Waals surface area contributed by atoms with Crippen molar-refractivity contribution in [1.82, 2.24) is 14.2 Å². The minimum absolute atomic E-state index is 0.190. The highest BCUT2D eigenvalue weighted by atomic mass is 32.2. The fourth-order valence-electron chi connectivity index (χ4n) is 3.22. The van der Waals surface area contributed by atoms with Gasteiger partial charge in [0.2, 0.25) is 10.0 Å². The summed E-state index contributed by atoms with van der Waals surface area (Å²) in [6.07, 6.45) is 1.40. The van der Waals surface area contributed by atoms with Gasteiger partial charge in [-0.1, -0.05) is 12.1 Å². The number of likely N-dealkylation sites (N-methyl/N-ethyl adjacent to an activating group) is 1. The van der Waals surface area contributed by atoms with Crippen LogP contribution in [-0.4, -0.2) is 61.7 Å². The van der Waals surface area contributed by atoms with Gasteiger partial charge in [-0.15, -0.1) is 11.3 Å². The summed E-state index contributed by atoms with van der Waals surface area (Å²) >= 11 is 1.08. The standard InChI is InChI=1S/C21H21FN4O3S2/c1-25-10-12-26(13-11-25)31(28,29)16-8-6-15(7-9-16)24-20(27)19-14-23-21(30-19)17-4-2-3-5-18(17)22/h2-9,14H,10-13H2,1H3,(H,24,27). The van der Waals surface area contributed by atoms with Crippen LogP contribution in [-0.2, 0) is 10.0 Å². The van der Waals surface area contributed by atoms with Crippen molar-refractivity contribution < 1.29 is 17.6 Å². The van der Waals surface area contributed by atoms with Gasteiger partial charge in [-0.05, 0) is 43.4 Å². The zero-order valence-corrected chi connectivity index (χ0v) is 18.4. The number of carbonyl (C=O) groups excluding carboxylic acids is 1. The lowest BCUT2D eigenvalue weighted by molar-refractivity contribution is 0.103. The Balaban J connectivity index is 1.45. The second-order valence-corrected chi connectivity index (χ2v) is 10.2. The Hall–Kier alpha value is -2.66. The first-order valence-corrected chi connectivity index (χ1v) is 11.9. The Labute approximate surface area is 184 Å². The molecule has 1 fully saturated rings. The number of aromatic nitrogens is 1. The number of anilines is 1. The Bertz CT molecular complexity index is 1190. The quantitative estimate of drug-likeness (QED) is 0.633. The van der Waals surface area contributed by atoms with Crippen molar-refractivity contribution in [3.8, 4) is 10.6 Å². The molecule has 1 aliphatic heterocycles. The molecular weight excluding hydrogens is 439 g/mol. The maximum absolute atomic E-state index is 13.9. The molecule has 0 spiro atoms. The molecule has 0 saturated carbocycles. The van der Waals surface area contributed by atoms with Gasteiger partial charge < -0.3 is 10.2 Å². The molecule has 3 aromatic rings. The first kappa shape index (κ1) is 21.6. The third-order valence-corrected chi connectivity index (χ3v) is 7.99. The van der Waals surface area contributed by atoms with E-state index in [-0.39, 0.29) is 4.90 Å². The van der Waals surface area contributed by atoms with Gasteiger partial charge in [0.1, 0.15) is 15.7 Å². The van der Waals surface area contributed by atoms with Crippen molar-refractivity contribution in [1.29, 1.82) is 0 Å². The SMILES string of the molecule is CN1CCN(S(=O)(=O)c2ccc(NC(=O)c3cnc(-c4ccccc4F)s3)cc2)CC1. The van der Waals surface area contributed by atoms with E-state index >= 15 is 0 Å². The molecule has 0 radical (unpaired) electrons. The molecule has 7 nitrogen and oxygen atoms in total. The van der Waals surface area contributed by atoms with Crippen LogP contribution in [0.4, 0.5) is 10.1 Å². The molecule has 162 valence electrons. The summed E-state index contributed by atoms with van der Waals surface area (Å²) in [5.74, 6) is -0.796. The summed E-state index contributed by atoms with van der Waals surface area (Å²) in [5.41, 5.74) is 0.799. The predicted octanol–water partition coefficient (Wildman–Crippen LogP) is 3.14. The molecule has 31 heavy (non-hydrogen) atoms. The second-order valence-electron chi connectivity index (χ2n) is 7.20. The fraction of sp³-hybridized carbons (Fsp3) is 0.238. The summed E-state index contributed by atoms with van der Waals surface area (Å²) in [5, 5.41) is 3.14. The van der Waals surface area contributed by atoms with Gasteiger partial charge in [0.15, 0.2) is 0 Å². The number of halogens is 1. The molecule has 2 heterocycles. The smallest absolute Gasteiger partial charge is 0.267 e. The maximum atomic E-state index is 13.9. The van der Waals surface area contributed by atoms with E-state index in [2.05, 4.69) is 15.2 Å². The zero-order chi connectivity index (χ0) is 22.0. The molecule has 1 aliphatic rings. The van der Waals surface area contributed by atoms with Gasteiger partial charge >= 0.3 is 0 Å². The van der Waals surface area contributed by atoms with Crippen LogP contribution in [0.1, 0.15) is 9.67 Å². The largest absolute Gasteiger partial charge is 0.321 e. The highest BCUT2D eigenvalue weighted by Gasteiger charge is 2.27. The van der Waals surface area contributed by atoms with Crippen molar-refractivity contribution >= 4 is 33.0 Å². The third-order valence-electron chi connectivity index (χ3n) is 5.05. The van der Waals surface area contributed by atoms with E-state index in [9.17, 15) is 17.6 Å². The lowest BCUT2D eigenvalue weighted by Gasteiger charge is -2.31. The number of thiazole rings is 1. The average Bonchev–Trinajstić information content (AvgIpc) is 3.25. The van der Waals surface area contributed by atoms with E-state index in [0.29, 0.717) is 47.3 Å². The summed E-state index contributed by atoms with van der Waals surface area (Å²) in [7, 11) is -1.60. The second kappa shape index (κ2) is 8.83. The van der Waals surface area contributed by atoms with E-state index < -0.39 is 21.7 Å². The first-order valence-electron chi connectivity index (χ1n) is 9.65. The number of sulfonamides is 1. The van der Waals surface area contributed by atoms with Crippen molar-refractivity contribution in [3.05, 3.63) is 65.4 Å². The van der Waals surface area contributed by atoms with Gasteiger partial charge in [-0.2, -0.15) is 4.31 Å². The summed E-state index contributed by atoms with van der Waals surface area (Å²) < 4.78 is 41.0. The Morgan fingerprint density at radius 2 is 1.74 bits per heavy atom. The molecule has 1 saturated heterocycles. The first-order chi connectivity index (χ1) is 14.8. The third kappa shape index (κ3) is 4.67. The number of nitrogens with zero attached hydrogens (tertiary/aromatic N) is 3. The molecule has 1 N–H and O–H groups in total. The highest BCUT2D eigenvalue weighted by molar-refractivity contribution is 7.89. The molecule has 0 unspecified atom stereocenters. The van der Waals surface area contributed by atoms with Crippen LogP contribution in [0.5, 0.6) is 0 Å². The molecule has 0 atom stereocenters. The number of piperazine rings is 1. The van der Waals surface area contributed by atoms with Crippen molar-refractivity contribution in [2.24, 2.45) is 0 Å². The van der Waals surface area contributed by atoms with Crippen LogP contribution in [0, 0.1) is 5.82 Å². The van der Waals surface area contributed by atoms with E-state index in [1.165, 1.54) is 28.7 Å². The molecule has 4 rings (SSSR count). The van der Waals surface area contributed by atoms with Crippen LogP contribution >= 0.6 is 11.3 Å². The number of carbonyl (C=O) groups is 1. The van der Waals surface area contributed by atoms with Crippen LogP contribution < -0.4 is 5.32 Å². The average molecular weight is 461 g/mol. The highest BCUT2D eigenvalue weighted by Crippen LogP contribution is 2.28. The molecule has 0 aliphatic carbocycles. The van der Waals surface area contributed by atoms with Gasteiger partial charge in [0, 0.05) is 37.4 Å². The molecule has 10 heteroatoms. The molecule has 0 bridgehead atoms. The van der Waals surface area contributed by atoms with Crippen molar-refractivity contribution in [2.45, 2.75) is 4.90 Å². The van der Waals surface area contributed by atoms with Gasteiger partial charge in [0.05, 0.1) is 11.1 Å². The van der Waals surface area contributed by atoms with E-state index in [0.717, 1.165) is 11.3 Å². The topological polar surface area (TPSA) is 82.6 Å². The van der Waals surface area contributed by atoms with Crippen LogP contribution in [0.25, 0.3) is 10.6 Å². The minimum Gasteiger partial charge on any atom is -0.321 e. The number of nitrogens with one attached hydrogen (secondary N) is 1.